The molecule has 8 nitrogen and oxygen atoms in total. The number of hydrogen-bond acceptors (Lipinski definition) is 6. The van der Waals surface area contributed by atoms with Gasteiger partial charge in [0.05, 0.1) is 16.4 Å². The molecule has 32 heavy (non-hydrogen) atoms. The number of hydrogen-bond donors (Lipinski definition) is 1. The second kappa shape index (κ2) is 9.27. The molecular weight excluding hydrogens is 428 g/mol. The number of nitrogens with zero attached hydrogens (tertiary/aromatic N) is 5. The largest absolute Gasteiger partial charge is 0.367 e. The van der Waals surface area contributed by atoms with Crippen LogP contribution in [0.3, 0.4) is 0 Å². The second-order valence-electron chi connectivity index (χ2n) is 9.37. The van der Waals surface area contributed by atoms with E-state index in [1.54, 1.807) is 6.92 Å². The lowest BCUT2D eigenvalue weighted by atomic mass is 9.80. The maximum atomic E-state index is 13.1. The summed E-state index contributed by atoms with van der Waals surface area (Å²) in [4.78, 5) is 24.2. The Kier molecular flexibility index (Phi) is 6.62. The third-order valence-corrected chi connectivity index (χ3v) is 7.15. The molecule has 2 aliphatic rings. The van der Waals surface area contributed by atoms with Crippen LogP contribution in [0.25, 0.3) is 0 Å². The molecule has 0 aliphatic carbocycles. The quantitative estimate of drug-likeness (QED) is 0.738. The second-order valence-corrected chi connectivity index (χ2v) is 9.77. The molecular formula is C23H33ClN6O2. The van der Waals surface area contributed by atoms with Crippen molar-refractivity contribution in [2.45, 2.75) is 52.0 Å². The van der Waals surface area contributed by atoms with Crippen LogP contribution < -0.4 is 10.2 Å². The first kappa shape index (κ1) is 22.9. The third-order valence-electron chi connectivity index (χ3n) is 6.83. The fourth-order valence-corrected chi connectivity index (χ4v) is 4.75. The highest BCUT2D eigenvalue weighted by Crippen LogP contribution is 2.36. The van der Waals surface area contributed by atoms with E-state index in [9.17, 15) is 4.79 Å². The summed E-state index contributed by atoms with van der Waals surface area (Å²) in [5, 5.41) is 7.77. The smallest absolute Gasteiger partial charge is 0.321 e. The van der Waals surface area contributed by atoms with Crippen molar-refractivity contribution in [3.05, 3.63) is 34.9 Å². The lowest BCUT2D eigenvalue weighted by Gasteiger charge is -2.39. The first-order valence-electron chi connectivity index (χ1n) is 11.4. The normalized spacial score (nSPS) is 19.4. The van der Waals surface area contributed by atoms with Gasteiger partial charge in [-0.25, -0.2) is 4.79 Å². The summed E-state index contributed by atoms with van der Waals surface area (Å²) < 4.78 is 5.16. The average molecular weight is 461 g/mol. The summed E-state index contributed by atoms with van der Waals surface area (Å²) in [6.45, 7) is 13.5. The maximum Gasteiger partial charge on any atom is 0.321 e. The van der Waals surface area contributed by atoms with Gasteiger partial charge < -0.3 is 19.6 Å². The van der Waals surface area contributed by atoms with Crippen LogP contribution in [0, 0.1) is 6.92 Å². The fourth-order valence-electron chi connectivity index (χ4n) is 4.54. The average Bonchev–Trinajstić information content (AvgIpc) is 3.23. The first-order valence-corrected chi connectivity index (χ1v) is 11.8. The van der Waals surface area contributed by atoms with Gasteiger partial charge in [0.25, 0.3) is 0 Å². The van der Waals surface area contributed by atoms with E-state index in [4.69, 9.17) is 16.1 Å². The highest BCUT2D eigenvalue weighted by Gasteiger charge is 2.37. The van der Waals surface area contributed by atoms with E-state index < -0.39 is 0 Å². The SMILES string of the molecule is Cc1nc(C2(C)CCN(C(=O)Nc3c(Cl)cccc3N3CCN(C(C)C)CC3)CC2)no1. The Morgan fingerprint density at radius 3 is 2.44 bits per heavy atom. The van der Waals surface area contributed by atoms with Gasteiger partial charge in [0, 0.05) is 57.6 Å². The van der Waals surface area contributed by atoms with Crippen LogP contribution in [0.2, 0.25) is 5.02 Å². The third kappa shape index (κ3) is 4.71. The lowest BCUT2D eigenvalue weighted by molar-refractivity contribution is 0.169. The van der Waals surface area contributed by atoms with Crippen LogP contribution in [0.1, 0.15) is 45.3 Å². The van der Waals surface area contributed by atoms with E-state index in [0.29, 0.717) is 35.7 Å². The molecule has 2 aliphatic heterocycles. The monoisotopic (exact) mass is 460 g/mol. The van der Waals surface area contributed by atoms with Gasteiger partial charge in [-0.3, -0.25) is 4.90 Å². The minimum Gasteiger partial charge on any atom is -0.367 e. The summed E-state index contributed by atoms with van der Waals surface area (Å²) in [6.07, 6.45) is 1.57. The molecule has 174 valence electrons. The molecule has 4 rings (SSSR count). The number of piperidine rings is 1. The maximum absolute atomic E-state index is 13.1. The Balaban J connectivity index is 1.42. The molecule has 1 aromatic carbocycles. The molecule has 3 heterocycles. The molecule has 2 amide bonds. The number of para-hydroxylation sites is 1. The summed E-state index contributed by atoms with van der Waals surface area (Å²) in [5.41, 5.74) is 1.50. The Labute approximate surface area is 194 Å². The first-order chi connectivity index (χ1) is 15.3. The van der Waals surface area contributed by atoms with Crippen LogP contribution in [-0.4, -0.2) is 71.3 Å². The Morgan fingerprint density at radius 2 is 1.84 bits per heavy atom. The lowest BCUT2D eigenvalue weighted by Crippen LogP contribution is -2.49. The van der Waals surface area contributed by atoms with Crippen molar-refractivity contribution in [3.63, 3.8) is 0 Å². The number of halogens is 1. The molecule has 2 saturated heterocycles. The number of carbonyl (C=O) groups is 1. The molecule has 1 aromatic heterocycles. The summed E-state index contributed by atoms with van der Waals surface area (Å²) in [7, 11) is 0. The molecule has 2 fully saturated rings. The summed E-state index contributed by atoms with van der Waals surface area (Å²) in [5.74, 6) is 1.30. The van der Waals surface area contributed by atoms with Gasteiger partial charge in [-0.15, -0.1) is 0 Å². The Bertz CT molecular complexity index is 946. The zero-order chi connectivity index (χ0) is 22.9. The molecule has 0 unspecified atom stereocenters. The molecule has 2 aromatic rings. The number of likely N-dealkylation sites (tertiary alicyclic amines) is 1. The van der Waals surface area contributed by atoms with E-state index in [2.05, 4.69) is 46.0 Å². The van der Waals surface area contributed by atoms with Gasteiger partial charge in [-0.2, -0.15) is 4.98 Å². The topological polar surface area (TPSA) is 77.7 Å². The summed E-state index contributed by atoms with van der Waals surface area (Å²) in [6, 6.07) is 6.24. The van der Waals surface area contributed by atoms with Gasteiger partial charge in [0.2, 0.25) is 5.89 Å². The van der Waals surface area contributed by atoms with E-state index in [-0.39, 0.29) is 11.4 Å². The number of aromatic nitrogens is 2. The van der Waals surface area contributed by atoms with Crippen LogP contribution in [0.15, 0.2) is 22.7 Å². The van der Waals surface area contributed by atoms with Gasteiger partial charge in [-0.05, 0) is 38.8 Å². The van der Waals surface area contributed by atoms with Crippen LogP contribution >= 0.6 is 11.6 Å². The van der Waals surface area contributed by atoms with Crippen molar-refractivity contribution in [2.75, 3.05) is 49.5 Å². The molecule has 9 heteroatoms. The van der Waals surface area contributed by atoms with Crippen molar-refractivity contribution in [3.8, 4) is 0 Å². The van der Waals surface area contributed by atoms with Crippen molar-refractivity contribution >= 4 is 29.0 Å². The van der Waals surface area contributed by atoms with Crippen molar-refractivity contribution in [2.24, 2.45) is 0 Å². The van der Waals surface area contributed by atoms with E-state index in [0.717, 1.165) is 50.5 Å². The van der Waals surface area contributed by atoms with Gasteiger partial charge in [0.15, 0.2) is 5.82 Å². The molecule has 0 spiro atoms. The number of rotatable bonds is 4. The predicted octanol–water partition coefficient (Wildman–Crippen LogP) is 4.15. The van der Waals surface area contributed by atoms with Crippen molar-refractivity contribution < 1.29 is 9.32 Å². The zero-order valence-corrected chi connectivity index (χ0v) is 20.2. The molecule has 1 N–H and O–H groups in total. The fraction of sp³-hybridized carbons (Fsp3) is 0.609. The van der Waals surface area contributed by atoms with Gasteiger partial charge in [0.1, 0.15) is 0 Å². The van der Waals surface area contributed by atoms with Crippen LogP contribution in [-0.2, 0) is 5.41 Å². The minimum absolute atomic E-state index is 0.119. The molecule has 0 radical (unpaired) electrons. The number of aryl methyl sites for hydroxylation is 1. The number of anilines is 2. The Hall–Kier alpha value is -2.32. The van der Waals surface area contributed by atoms with Crippen LogP contribution in [0.4, 0.5) is 16.2 Å². The molecule has 0 atom stereocenters. The van der Waals surface area contributed by atoms with Crippen LogP contribution in [0.5, 0.6) is 0 Å². The standard InChI is InChI=1S/C23H33ClN6O2/c1-16(2)28-12-14-29(15-13-28)19-7-5-6-18(24)20(19)26-22(31)30-10-8-23(4,9-11-30)21-25-17(3)32-27-21/h5-7,16H,8-15H2,1-4H3,(H,26,31). The van der Waals surface area contributed by atoms with Gasteiger partial charge in [-0.1, -0.05) is 29.7 Å². The number of benzene rings is 1. The number of amides is 2. The number of urea groups is 1. The van der Waals surface area contributed by atoms with E-state index >= 15 is 0 Å². The molecule has 0 saturated carbocycles. The van der Waals surface area contributed by atoms with E-state index in [1.807, 2.05) is 23.1 Å². The van der Waals surface area contributed by atoms with Crippen molar-refractivity contribution in [1.29, 1.82) is 0 Å². The molecule has 0 bridgehead atoms. The number of piperazine rings is 1. The van der Waals surface area contributed by atoms with E-state index in [1.165, 1.54) is 0 Å². The number of nitrogens with one attached hydrogen (secondary N) is 1. The zero-order valence-electron chi connectivity index (χ0n) is 19.4. The highest BCUT2D eigenvalue weighted by molar-refractivity contribution is 6.34. The highest BCUT2D eigenvalue weighted by atomic mass is 35.5. The minimum atomic E-state index is -0.180. The number of carbonyl (C=O) groups excluding carboxylic acids is 1. The Morgan fingerprint density at radius 1 is 1.16 bits per heavy atom. The van der Waals surface area contributed by atoms with Gasteiger partial charge >= 0.3 is 6.03 Å². The van der Waals surface area contributed by atoms with Crippen molar-refractivity contribution in [1.82, 2.24) is 19.9 Å². The summed E-state index contributed by atoms with van der Waals surface area (Å²) >= 11 is 6.54. The predicted molar refractivity (Wildman–Crippen MR) is 127 cm³/mol.